The summed E-state index contributed by atoms with van der Waals surface area (Å²) in [5.74, 6) is 0.691. The molecular weight excluding hydrogens is 136 g/mol. The van der Waals surface area contributed by atoms with Gasteiger partial charge in [-0.2, -0.15) is 0 Å². The molecular formula is C6H13O2S-. The van der Waals surface area contributed by atoms with Gasteiger partial charge in [0.1, 0.15) is 0 Å². The minimum Gasteiger partial charge on any atom is -0.772 e. The van der Waals surface area contributed by atoms with Crippen molar-refractivity contribution in [2.75, 3.05) is 5.75 Å². The molecule has 0 amide bonds. The van der Waals surface area contributed by atoms with Gasteiger partial charge < -0.3 is 4.55 Å². The molecule has 0 fully saturated rings. The molecule has 0 aliphatic carbocycles. The molecule has 0 aliphatic rings. The van der Waals surface area contributed by atoms with Gasteiger partial charge >= 0.3 is 0 Å². The molecule has 0 aromatic carbocycles. The second kappa shape index (κ2) is 4.94. The Hall–Kier alpha value is 0.110. The highest BCUT2D eigenvalue weighted by Crippen LogP contribution is 2.07. The second-order valence-corrected chi connectivity index (χ2v) is 3.09. The van der Waals surface area contributed by atoms with Crippen molar-refractivity contribution in [3.05, 3.63) is 0 Å². The molecule has 0 aliphatic heterocycles. The summed E-state index contributed by atoms with van der Waals surface area (Å²) in [6, 6.07) is 0. The molecule has 0 aromatic rings. The highest BCUT2D eigenvalue weighted by atomic mass is 32.2. The summed E-state index contributed by atoms with van der Waals surface area (Å²) in [7, 11) is 0. The van der Waals surface area contributed by atoms with Gasteiger partial charge in [-0.3, -0.25) is 4.21 Å². The molecule has 1 unspecified atom stereocenters. The summed E-state index contributed by atoms with van der Waals surface area (Å²) >= 11 is -1.85. The Labute approximate surface area is 58.9 Å². The van der Waals surface area contributed by atoms with Crippen LogP contribution in [0.2, 0.25) is 0 Å². The predicted octanol–water partition coefficient (Wildman–Crippen LogP) is 1.30. The van der Waals surface area contributed by atoms with E-state index in [0.717, 1.165) is 12.8 Å². The van der Waals surface area contributed by atoms with E-state index in [1.54, 1.807) is 0 Å². The van der Waals surface area contributed by atoms with Crippen LogP contribution in [0.3, 0.4) is 0 Å². The Kier molecular flexibility index (Phi) is 5.00. The largest absolute Gasteiger partial charge is 0.772 e. The van der Waals surface area contributed by atoms with Gasteiger partial charge in [-0.05, 0) is 5.92 Å². The van der Waals surface area contributed by atoms with Crippen LogP contribution < -0.4 is 0 Å². The molecule has 2 nitrogen and oxygen atoms in total. The third kappa shape index (κ3) is 4.60. The first kappa shape index (κ1) is 9.11. The van der Waals surface area contributed by atoms with Crippen LogP contribution in [0.4, 0.5) is 0 Å². The lowest BCUT2D eigenvalue weighted by Crippen LogP contribution is -2.08. The van der Waals surface area contributed by atoms with E-state index in [0.29, 0.717) is 11.7 Å². The molecule has 0 saturated heterocycles. The van der Waals surface area contributed by atoms with Crippen LogP contribution in [0.25, 0.3) is 0 Å². The molecule has 56 valence electrons. The van der Waals surface area contributed by atoms with Gasteiger partial charge in [0.15, 0.2) is 0 Å². The Bertz CT molecular complexity index is 89.1. The van der Waals surface area contributed by atoms with Gasteiger partial charge in [0.25, 0.3) is 0 Å². The van der Waals surface area contributed by atoms with Crippen molar-refractivity contribution >= 4 is 11.1 Å². The van der Waals surface area contributed by atoms with E-state index in [1.807, 2.05) is 13.8 Å². The van der Waals surface area contributed by atoms with Crippen LogP contribution in [-0.4, -0.2) is 14.5 Å². The van der Waals surface area contributed by atoms with Crippen LogP contribution in [0.1, 0.15) is 26.7 Å². The van der Waals surface area contributed by atoms with Crippen molar-refractivity contribution in [3.8, 4) is 0 Å². The number of rotatable bonds is 4. The van der Waals surface area contributed by atoms with Crippen molar-refractivity contribution in [1.82, 2.24) is 0 Å². The first-order chi connectivity index (χ1) is 4.20. The third-order valence-electron chi connectivity index (χ3n) is 1.53. The maximum absolute atomic E-state index is 10.1. The van der Waals surface area contributed by atoms with E-state index in [9.17, 15) is 8.76 Å². The normalized spacial score (nSPS) is 14.2. The van der Waals surface area contributed by atoms with Crippen molar-refractivity contribution in [2.24, 2.45) is 5.92 Å². The molecule has 1 atom stereocenters. The highest BCUT2D eigenvalue weighted by Gasteiger charge is 2.01. The van der Waals surface area contributed by atoms with Gasteiger partial charge in [-0.15, -0.1) is 0 Å². The fraction of sp³-hybridized carbons (Fsp3) is 1.00. The van der Waals surface area contributed by atoms with Crippen molar-refractivity contribution in [1.29, 1.82) is 0 Å². The van der Waals surface area contributed by atoms with E-state index >= 15 is 0 Å². The second-order valence-electron chi connectivity index (χ2n) is 2.15. The SMILES string of the molecule is CCC(CC)CS(=O)[O-]. The predicted molar refractivity (Wildman–Crippen MR) is 37.9 cm³/mol. The molecule has 0 bridgehead atoms. The molecule has 0 rings (SSSR count). The zero-order chi connectivity index (χ0) is 7.28. The van der Waals surface area contributed by atoms with E-state index in [2.05, 4.69) is 0 Å². The minimum absolute atomic E-state index is 0.326. The quantitative estimate of drug-likeness (QED) is 0.565. The van der Waals surface area contributed by atoms with Gasteiger partial charge in [0, 0.05) is 5.75 Å². The Morgan fingerprint density at radius 2 is 1.89 bits per heavy atom. The Morgan fingerprint density at radius 1 is 1.44 bits per heavy atom. The lowest BCUT2D eigenvalue weighted by Gasteiger charge is -2.12. The maximum Gasteiger partial charge on any atom is 0.0130 e. The fourth-order valence-electron chi connectivity index (χ4n) is 0.717. The van der Waals surface area contributed by atoms with Crippen LogP contribution in [-0.2, 0) is 11.1 Å². The van der Waals surface area contributed by atoms with Crippen LogP contribution in [0.5, 0.6) is 0 Å². The topological polar surface area (TPSA) is 40.1 Å². The van der Waals surface area contributed by atoms with Crippen LogP contribution in [0.15, 0.2) is 0 Å². The fourth-order valence-corrected chi connectivity index (χ4v) is 1.57. The molecule has 3 heteroatoms. The molecule has 9 heavy (non-hydrogen) atoms. The zero-order valence-electron chi connectivity index (χ0n) is 5.92. The highest BCUT2D eigenvalue weighted by molar-refractivity contribution is 7.79. The van der Waals surface area contributed by atoms with E-state index in [4.69, 9.17) is 0 Å². The van der Waals surface area contributed by atoms with E-state index in [1.165, 1.54) is 0 Å². The Balaban J connectivity index is 3.43. The van der Waals surface area contributed by atoms with Gasteiger partial charge in [0.2, 0.25) is 0 Å². The maximum atomic E-state index is 10.1. The summed E-state index contributed by atoms with van der Waals surface area (Å²) < 4.78 is 20.3. The molecule has 0 N–H and O–H groups in total. The summed E-state index contributed by atoms with van der Waals surface area (Å²) in [5.41, 5.74) is 0. The van der Waals surface area contributed by atoms with E-state index < -0.39 is 11.1 Å². The average Bonchev–Trinajstić information content (AvgIpc) is 1.82. The molecule has 0 radical (unpaired) electrons. The summed E-state index contributed by atoms with van der Waals surface area (Å²) in [6.07, 6.45) is 1.93. The molecule has 0 saturated carbocycles. The van der Waals surface area contributed by atoms with Gasteiger partial charge in [0.05, 0.1) is 0 Å². The number of hydrogen-bond donors (Lipinski definition) is 0. The average molecular weight is 149 g/mol. The van der Waals surface area contributed by atoms with Crippen molar-refractivity contribution in [3.63, 3.8) is 0 Å². The summed E-state index contributed by atoms with van der Waals surface area (Å²) in [6.45, 7) is 4.03. The monoisotopic (exact) mass is 149 g/mol. The van der Waals surface area contributed by atoms with Crippen LogP contribution >= 0.6 is 0 Å². The van der Waals surface area contributed by atoms with Gasteiger partial charge in [-0.25, -0.2) is 0 Å². The van der Waals surface area contributed by atoms with Gasteiger partial charge in [-0.1, -0.05) is 37.8 Å². The summed E-state index contributed by atoms with van der Waals surface area (Å²) in [4.78, 5) is 0. The first-order valence-electron chi connectivity index (χ1n) is 3.26. The lowest BCUT2D eigenvalue weighted by atomic mass is 10.1. The van der Waals surface area contributed by atoms with E-state index in [-0.39, 0.29) is 0 Å². The van der Waals surface area contributed by atoms with Crippen LogP contribution in [0, 0.1) is 5.92 Å². The molecule has 0 aromatic heterocycles. The Morgan fingerprint density at radius 3 is 2.00 bits per heavy atom. The first-order valence-corrected chi connectivity index (χ1v) is 4.50. The lowest BCUT2D eigenvalue weighted by molar-refractivity contribution is 0.495. The molecule has 0 spiro atoms. The number of hydrogen-bond acceptors (Lipinski definition) is 2. The van der Waals surface area contributed by atoms with Crippen molar-refractivity contribution < 1.29 is 8.76 Å². The smallest absolute Gasteiger partial charge is 0.0130 e. The van der Waals surface area contributed by atoms with Crippen molar-refractivity contribution in [2.45, 2.75) is 26.7 Å². The third-order valence-corrected chi connectivity index (χ3v) is 2.27. The summed E-state index contributed by atoms with van der Waals surface area (Å²) in [5, 5.41) is 0. The minimum atomic E-state index is -1.85. The zero-order valence-corrected chi connectivity index (χ0v) is 6.74. The molecule has 0 heterocycles. The standard InChI is InChI=1S/C6H14O2S/c1-3-6(4-2)5-9(7)8/h6H,3-5H2,1-2H3,(H,7,8)/p-1.